The normalized spacial score (nSPS) is 10.0. The van der Waals surface area contributed by atoms with Gasteiger partial charge in [0.25, 0.3) is 0 Å². The molecule has 5 heteroatoms. The molecule has 0 spiro atoms. The molecule has 0 atom stereocenters. The van der Waals surface area contributed by atoms with Crippen LogP contribution in [0.3, 0.4) is 0 Å². The van der Waals surface area contributed by atoms with Crippen LogP contribution in [-0.4, -0.2) is 6.21 Å². The highest BCUT2D eigenvalue weighted by Crippen LogP contribution is 2.16. The standard InChI is InChI=1S/C7H3F4N/c8-4-1-5(9)7(11)3(2-12)6(4)10/h1-2,12H. The van der Waals surface area contributed by atoms with E-state index in [4.69, 9.17) is 5.41 Å². The molecule has 1 rings (SSSR count). The first-order chi connectivity index (χ1) is 5.57. The van der Waals surface area contributed by atoms with E-state index in [-0.39, 0.29) is 12.3 Å². The van der Waals surface area contributed by atoms with Crippen molar-refractivity contribution in [2.45, 2.75) is 0 Å². The van der Waals surface area contributed by atoms with Crippen molar-refractivity contribution in [1.82, 2.24) is 0 Å². The summed E-state index contributed by atoms with van der Waals surface area (Å²) < 4.78 is 49.7. The maximum absolute atomic E-state index is 12.5. The summed E-state index contributed by atoms with van der Waals surface area (Å²) in [5.74, 6) is -6.12. The fraction of sp³-hybridized carbons (Fsp3) is 0. The van der Waals surface area contributed by atoms with Crippen LogP contribution in [0.5, 0.6) is 0 Å². The summed E-state index contributed by atoms with van der Waals surface area (Å²) in [5, 5.41) is 6.48. The van der Waals surface area contributed by atoms with E-state index in [1.165, 1.54) is 0 Å². The maximum atomic E-state index is 12.5. The quantitative estimate of drug-likeness (QED) is 0.386. The molecule has 0 bridgehead atoms. The van der Waals surface area contributed by atoms with E-state index >= 15 is 0 Å². The fourth-order valence-electron chi connectivity index (χ4n) is 0.718. The molecule has 0 fully saturated rings. The van der Waals surface area contributed by atoms with Gasteiger partial charge in [-0.3, -0.25) is 0 Å². The molecule has 0 saturated carbocycles. The molecule has 1 N–H and O–H groups in total. The number of benzene rings is 1. The van der Waals surface area contributed by atoms with Gasteiger partial charge in [-0.2, -0.15) is 0 Å². The summed E-state index contributed by atoms with van der Waals surface area (Å²) in [6, 6.07) is 0.0949. The van der Waals surface area contributed by atoms with Crippen molar-refractivity contribution in [3.05, 3.63) is 34.9 Å². The molecule has 0 saturated heterocycles. The molecule has 0 unspecified atom stereocenters. The van der Waals surface area contributed by atoms with E-state index in [0.29, 0.717) is 0 Å². The SMILES string of the molecule is N=Cc1c(F)c(F)cc(F)c1F. The Balaban J connectivity index is 3.52. The van der Waals surface area contributed by atoms with Crippen LogP contribution in [0.1, 0.15) is 5.56 Å². The number of hydrogen-bond donors (Lipinski definition) is 1. The van der Waals surface area contributed by atoms with E-state index in [1.54, 1.807) is 0 Å². The minimum Gasteiger partial charge on any atom is -0.308 e. The topological polar surface area (TPSA) is 23.9 Å². The molecule has 0 aliphatic heterocycles. The molecule has 1 nitrogen and oxygen atoms in total. The van der Waals surface area contributed by atoms with E-state index in [9.17, 15) is 17.6 Å². The number of halogens is 4. The van der Waals surface area contributed by atoms with Crippen LogP contribution in [0.4, 0.5) is 17.6 Å². The Morgan fingerprint density at radius 3 is 1.75 bits per heavy atom. The third-order valence-electron chi connectivity index (χ3n) is 1.29. The smallest absolute Gasteiger partial charge is 0.170 e. The van der Waals surface area contributed by atoms with Crippen molar-refractivity contribution in [2.75, 3.05) is 0 Å². The maximum Gasteiger partial charge on any atom is 0.170 e. The Morgan fingerprint density at radius 2 is 1.42 bits per heavy atom. The Bertz CT molecular complexity index is 308. The van der Waals surface area contributed by atoms with E-state index in [2.05, 4.69) is 0 Å². The molecular formula is C7H3F4N. The van der Waals surface area contributed by atoms with E-state index in [1.807, 2.05) is 0 Å². The third kappa shape index (κ3) is 1.17. The van der Waals surface area contributed by atoms with Gasteiger partial charge in [0.05, 0.1) is 5.56 Å². The lowest BCUT2D eigenvalue weighted by Crippen LogP contribution is -2.00. The minimum absolute atomic E-state index is 0.0949. The molecule has 1 aromatic rings. The molecule has 12 heavy (non-hydrogen) atoms. The van der Waals surface area contributed by atoms with E-state index < -0.39 is 28.8 Å². The Morgan fingerprint density at radius 1 is 1.00 bits per heavy atom. The van der Waals surface area contributed by atoms with Crippen LogP contribution in [0.25, 0.3) is 0 Å². The first kappa shape index (κ1) is 8.70. The lowest BCUT2D eigenvalue weighted by molar-refractivity contribution is 0.452. The summed E-state index contributed by atoms with van der Waals surface area (Å²) in [4.78, 5) is 0. The van der Waals surface area contributed by atoms with Crippen LogP contribution in [0.2, 0.25) is 0 Å². The van der Waals surface area contributed by atoms with E-state index in [0.717, 1.165) is 0 Å². The zero-order valence-electron chi connectivity index (χ0n) is 5.67. The Labute approximate surface area is 65.1 Å². The molecule has 0 aliphatic rings. The molecule has 0 aliphatic carbocycles. The number of rotatable bonds is 1. The fourth-order valence-corrected chi connectivity index (χ4v) is 0.718. The lowest BCUT2D eigenvalue weighted by atomic mass is 10.2. The monoisotopic (exact) mass is 177 g/mol. The van der Waals surface area contributed by atoms with Gasteiger partial charge in [0, 0.05) is 12.3 Å². The minimum atomic E-state index is -1.55. The van der Waals surface area contributed by atoms with Gasteiger partial charge in [-0.15, -0.1) is 0 Å². The van der Waals surface area contributed by atoms with Crippen LogP contribution in [0.15, 0.2) is 6.07 Å². The average molecular weight is 177 g/mol. The van der Waals surface area contributed by atoms with Crippen LogP contribution < -0.4 is 0 Å². The molecule has 0 amide bonds. The van der Waals surface area contributed by atoms with Gasteiger partial charge in [-0.05, 0) is 0 Å². The summed E-state index contributed by atoms with van der Waals surface area (Å²) in [7, 11) is 0. The van der Waals surface area contributed by atoms with Crippen molar-refractivity contribution in [2.24, 2.45) is 0 Å². The van der Waals surface area contributed by atoms with Crippen molar-refractivity contribution in [3.63, 3.8) is 0 Å². The average Bonchev–Trinajstić information content (AvgIpc) is 2.02. The van der Waals surface area contributed by atoms with Crippen molar-refractivity contribution < 1.29 is 17.6 Å². The predicted octanol–water partition coefficient (Wildman–Crippen LogP) is 2.24. The highest BCUT2D eigenvalue weighted by atomic mass is 19.2. The first-order valence-electron chi connectivity index (χ1n) is 2.91. The van der Waals surface area contributed by atoms with Gasteiger partial charge in [-0.1, -0.05) is 0 Å². The molecule has 0 heterocycles. The van der Waals surface area contributed by atoms with Crippen molar-refractivity contribution >= 4 is 6.21 Å². The summed E-state index contributed by atoms with van der Waals surface area (Å²) in [5.41, 5.74) is -1.01. The van der Waals surface area contributed by atoms with Crippen molar-refractivity contribution in [1.29, 1.82) is 5.41 Å². The van der Waals surface area contributed by atoms with Crippen LogP contribution in [0, 0.1) is 28.7 Å². The van der Waals surface area contributed by atoms with Gasteiger partial charge in [0.15, 0.2) is 23.3 Å². The Kier molecular flexibility index (Phi) is 2.12. The molecule has 1 aromatic carbocycles. The van der Waals surface area contributed by atoms with Gasteiger partial charge in [0.2, 0.25) is 0 Å². The zero-order valence-corrected chi connectivity index (χ0v) is 5.67. The van der Waals surface area contributed by atoms with Crippen LogP contribution >= 0.6 is 0 Å². The second-order valence-electron chi connectivity index (χ2n) is 2.03. The van der Waals surface area contributed by atoms with Crippen molar-refractivity contribution in [3.8, 4) is 0 Å². The summed E-state index contributed by atoms with van der Waals surface area (Å²) in [6.07, 6.45) is 0.219. The molecule has 0 aromatic heterocycles. The van der Waals surface area contributed by atoms with Gasteiger partial charge < -0.3 is 5.41 Å². The van der Waals surface area contributed by atoms with Gasteiger partial charge in [-0.25, -0.2) is 17.6 Å². The predicted molar refractivity (Wildman–Crippen MR) is 34.2 cm³/mol. The number of nitrogens with one attached hydrogen (secondary N) is 1. The second kappa shape index (κ2) is 2.92. The number of hydrogen-bond acceptors (Lipinski definition) is 1. The lowest BCUT2D eigenvalue weighted by Gasteiger charge is -1.99. The largest absolute Gasteiger partial charge is 0.308 e. The van der Waals surface area contributed by atoms with Gasteiger partial charge in [0.1, 0.15) is 0 Å². The second-order valence-corrected chi connectivity index (χ2v) is 2.03. The van der Waals surface area contributed by atoms with Gasteiger partial charge >= 0.3 is 0 Å². The Hall–Kier alpha value is -1.39. The zero-order chi connectivity index (χ0) is 9.30. The third-order valence-corrected chi connectivity index (χ3v) is 1.29. The highest BCUT2D eigenvalue weighted by molar-refractivity contribution is 5.77. The summed E-state index contributed by atoms with van der Waals surface area (Å²) in [6.45, 7) is 0. The highest BCUT2D eigenvalue weighted by Gasteiger charge is 2.16. The summed E-state index contributed by atoms with van der Waals surface area (Å²) >= 11 is 0. The molecule has 0 radical (unpaired) electrons. The molecule has 64 valence electrons. The molecular weight excluding hydrogens is 174 g/mol. The van der Waals surface area contributed by atoms with Crippen LogP contribution in [-0.2, 0) is 0 Å². The first-order valence-corrected chi connectivity index (χ1v) is 2.91.